The second kappa shape index (κ2) is 8.52. The Balaban J connectivity index is 1.64. The molecule has 0 saturated carbocycles. The Bertz CT molecular complexity index is 1150. The van der Waals surface area contributed by atoms with Crippen molar-refractivity contribution in [2.75, 3.05) is 0 Å². The van der Waals surface area contributed by atoms with Gasteiger partial charge in [0.15, 0.2) is 0 Å². The van der Waals surface area contributed by atoms with Crippen LogP contribution in [0.2, 0.25) is 0 Å². The highest BCUT2D eigenvalue weighted by Gasteiger charge is 2.15. The summed E-state index contributed by atoms with van der Waals surface area (Å²) in [5.41, 5.74) is 3.73. The Hall–Kier alpha value is -3.07. The van der Waals surface area contributed by atoms with Gasteiger partial charge < -0.3 is 5.32 Å². The van der Waals surface area contributed by atoms with Crippen LogP contribution < -0.4 is 5.32 Å². The standard InChI is InChI=1S/C22H16FIN4O/c23-17-6-7-20(24)19(12-17)22(29)26-13-16-14-28(18-4-2-1-3-5-18)27-21(16)15-8-10-25-11-9-15/h1-12,14H,13H2,(H,26,29). The Kier molecular flexibility index (Phi) is 5.66. The Morgan fingerprint density at radius 2 is 1.83 bits per heavy atom. The smallest absolute Gasteiger partial charge is 0.252 e. The summed E-state index contributed by atoms with van der Waals surface area (Å²) in [5.74, 6) is -0.771. The van der Waals surface area contributed by atoms with Gasteiger partial charge in [0.25, 0.3) is 5.91 Å². The maximum Gasteiger partial charge on any atom is 0.252 e. The van der Waals surface area contributed by atoms with E-state index in [4.69, 9.17) is 5.10 Å². The molecule has 0 spiro atoms. The van der Waals surface area contributed by atoms with Gasteiger partial charge >= 0.3 is 0 Å². The first-order valence-corrected chi connectivity index (χ1v) is 9.97. The lowest BCUT2D eigenvalue weighted by molar-refractivity contribution is 0.0949. The molecule has 1 N–H and O–H groups in total. The zero-order valence-electron chi connectivity index (χ0n) is 15.2. The summed E-state index contributed by atoms with van der Waals surface area (Å²) in [5, 5.41) is 7.59. The quantitative estimate of drug-likeness (QED) is 0.409. The molecule has 29 heavy (non-hydrogen) atoms. The number of hydrogen-bond donors (Lipinski definition) is 1. The summed E-state index contributed by atoms with van der Waals surface area (Å²) in [6, 6.07) is 17.7. The Labute approximate surface area is 180 Å². The first kappa shape index (κ1) is 19.3. The molecule has 0 saturated heterocycles. The molecule has 0 fully saturated rings. The molecule has 0 bridgehead atoms. The zero-order valence-corrected chi connectivity index (χ0v) is 17.4. The molecule has 2 aromatic carbocycles. The van der Waals surface area contributed by atoms with E-state index < -0.39 is 5.82 Å². The van der Waals surface area contributed by atoms with Gasteiger partial charge in [-0.05, 0) is 65.1 Å². The van der Waals surface area contributed by atoms with Crippen LogP contribution in [0.25, 0.3) is 16.9 Å². The van der Waals surface area contributed by atoms with E-state index in [9.17, 15) is 9.18 Å². The fourth-order valence-electron chi connectivity index (χ4n) is 2.95. The van der Waals surface area contributed by atoms with Crippen LogP contribution in [-0.2, 0) is 6.54 Å². The van der Waals surface area contributed by atoms with Crippen LogP contribution in [0.1, 0.15) is 15.9 Å². The van der Waals surface area contributed by atoms with Crippen LogP contribution in [0.5, 0.6) is 0 Å². The number of para-hydroxylation sites is 1. The molecular formula is C22H16FIN4O. The van der Waals surface area contributed by atoms with E-state index in [0.29, 0.717) is 9.13 Å². The maximum atomic E-state index is 13.5. The molecule has 4 aromatic rings. The number of hydrogen-bond acceptors (Lipinski definition) is 3. The van der Waals surface area contributed by atoms with Gasteiger partial charge in [-0.1, -0.05) is 18.2 Å². The van der Waals surface area contributed by atoms with Crippen LogP contribution in [0.3, 0.4) is 0 Å². The van der Waals surface area contributed by atoms with Crippen molar-refractivity contribution in [3.63, 3.8) is 0 Å². The number of benzene rings is 2. The topological polar surface area (TPSA) is 59.8 Å². The van der Waals surface area contributed by atoms with E-state index in [1.807, 2.05) is 71.3 Å². The van der Waals surface area contributed by atoms with E-state index in [1.54, 1.807) is 23.1 Å². The summed E-state index contributed by atoms with van der Waals surface area (Å²) < 4.78 is 16.0. The third kappa shape index (κ3) is 4.34. The Morgan fingerprint density at radius 3 is 2.59 bits per heavy atom. The third-order valence-corrected chi connectivity index (χ3v) is 5.32. The molecule has 4 rings (SSSR count). The minimum absolute atomic E-state index is 0.260. The number of halogens is 2. The van der Waals surface area contributed by atoms with E-state index in [0.717, 1.165) is 22.5 Å². The monoisotopic (exact) mass is 498 g/mol. The van der Waals surface area contributed by atoms with Crippen LogP contribution >= 0.6 is 22.6 Å². The second-order valence-electron chi connectivity index (χ2n) is 6.33. The average Bonchev–Trinajstić information content (AvgIpc) is 3.19. The van der Waals surface area contributed by atoms with Gasteiger partial charge in [0, 0.05) is 39.8 Å². The predicted octanol–water partition coefficient (Wildman–Crippen LogP) is 4.61. The number of carbonyl (C=O) groups excluding carboxylic acids is 1. The number of carbonyl (C=O) groups is 1. The summed E-state index contributed by atoms with van der Waals surface area (Å²) in [4.78, 5) is 16.7. The highest BCUT2D eigenvalue weighted by atomic mass is 127. The van der Waals surface area contributed by atoms with Crippen molar-refractivity contribution < 1.29 is 9.18 Å². The van der Waals surface area contributed by atoms with Crippen LogP contribution in [0, 0.1) is 9.39 Å². The van der Waals surface area contributed by atoms with Crippen molar-refractivity contribution in [2.24, 2.45) is 0 Å². The first-order valence-electron chi connectivity index (χ1n) is 8.89. The minimum Gasteiger partial charge on any atom is -0.348 e. The fraction of sp³-hybridized carbons (Fsp3) is 0.0455. The molecule has 1 amide bonds. The largest absolute Gasteiger partial charge is 0.348 e. The Morgan fingerprint density at radius 1 is 1.07 bits per heavy atom. The van der Waals surface area contributed by atoms with Crippen LogP contribution in [-0.4, -0.2) is 20.7 Å². The van der Waals surface area contributed by atoms with Crippen molar-refractivity contribution in [3.8, 4) is 16.9 Å². The summed E-state index contributed by atoms with van der Waals surface area (Å²) >= 11 is 2.02. The number of aromatic nitrogens is 3. The van der Waals surface area contributed by atoms with Gasteiger partial charge in [0.1, 0.15) is 5.82 Å². The molecule has 0 unspecified atom stereocenters. The molecule has 0 atom stereocenters. The molecule has 0 aliphatic rings. The lowest BCUT2D eigenvalue weighted by Crippen LogP contribution is -2.24. The number of pyridine rings is 1. The van der Waals surface area contributed by atoms with Gasteiger partial charge in [-0.2, -0.15) is 5.10 Å². The minimum atomic E-state index is -0.440. The fourth-order valence-corrected chi connectivity index (χ4v) is 3.53. The second-order valence-corrected chi connectivity index (χ2v) is 7.49. The predicted molar refractivity (Wildman–Crippen MR) is 117 cm³/mol. The molecule has 5 nitrogen and oxygen atoms in total. The molecule has 144 valence electrons. The molecule has 0 aliphatic carbocycles. The van der Waals surface area contributed by atoms with Crippen molar-refractivity contribution >= 4 is 28.5 Å². The van der Waals surface area contributed by atoms with Gasteiger partial charge in [0.05, 0.1) is 16.9 Å². The van der Waals surface area contributed by atoms with Crippen LogP contribution in [0.15, 0.2) is 79.3 Å². The molecule has 0 aliphatic heterocycles. The molecule has 2 heterocycles. The van der Waals surface area contributed by atoms with Crippen molar-refractivity contribution in [1.29, 1.82) is 0 Å². The highest BCUT2D eigenvalue weighted by Crippen LogP contribution is 2.23. The third-order valence-electron chi connectivity index (χ3n) is 4.38. The first-order chi connectivity index (χ1) is 14.1. The average molecular weight is 498 g/mol. The van der Waals surface area contributed by atoms with Crippen LogP contribution in [0.4, 0.5) is 4.39 Å². The summed E-state index contributed by atoms with van der Waals surface area (Å²) in [6.07, 6.45) is 5.30. The lowest BCUT2D eigenvalue weighted by atomic mass is 10.1. The van der Waals surface area contributed by atoms with E-state index in [1.165, 1.54) is 12.1 Å². The zero-order chi connectivity index (χ0) is 20.2. The number of nitrogens with one attached hydrogen (secondary N) is 1. The molecular weight excluding hydrogens is 482 g/mol. The van der Waals surface area contributed by atoms with Gasteiger partial charge in [-0.25, -0.2) is 9.07 Å². The summed E-state index contributed by atoms with van der Waals surface area (Å²) in [7, 11) is 0. The van der Waals surface area contributed by atoms with Crippen molar-refractivity contribution in [1.82, 2.24) is 20.1 Å². The van der Waals surface area contributed by atoms with E-state index in [2.05, 4.69) is 10.3 Å². The number of amides is 1. The van der Waals surface area contributed by atoms with Gasteiger partial charge in [0.2, 0.25) is 0 Å². The SMILES string of the molecule is O=C(NCc1cn(-c2ccccc2)nc1-c1ccncc1)c1cc(F)ccc1I. The normalized spacial score (nSPS) is 10.7. The molecule has 0 radical (unpaired) electrons. The van der Waals surface area contributed by atoms with Crippen molar-refractivity contribution in [3.05, 3.63) is 99.8 Å². The number of rotatable bonds is 5. The van der Waals surface area contributed by atoms with Gasteiger partial charge in [-0.15, -0.1) is 0 Å². The molecule has 2 aromatic heterocycles. The lowest BCUT2D eigenvalue weighted by Gasteiger charge is -2.07. The number of nitrogens with zero attached hydrogens (tertiary/aromatic N) is 3. The van der Waals surface area contributed by atoms with E-state index >= 15 is 0 Å². The van der Waals surface area contributed by atoms with Gasteiger partial charge in [-0.3, -0.25) is 9.78 Å². The summed E-state index contributed by atoms with van der Waals surface area (Å²) in [6.45, 7) is 0.260. The van der Waals surface area contributed by atoms with Crippen molar-refractivity contribution in [2.45, 2.75) is 6.54 Å². The maximum absolute atomic E-state index is 13.5. The molecule has 7 heteroatoms. The highest BCUT2D eigenvalue weighted by molar-refractivity contribution is 14.1. The van der Waals surface area contributed by atoms with E-state index in [-0.39, 0.29) is 12.5 Å².